The van der Waals surface area contributed by atoms with Gasteiger partial charge in [0, 0.05) is 4.83 Å². The van der Waals surface area contributed by atoms with Gasteiger partial charge in [0.25, 0.3) is 0 Å². The first kappa shape index (κ1) is 11.5. The molecule has 4 rings (SSSR count). The van der Waals surface area contributed by atoms with E-state index in [1.165, 1.54) is 34.4 Å². The maximum atomic E-state index is 3.79. The quantitative estimate of drug-likeness (QED) is 0.393. The number of aryl methyl sites for hydroxylation is 1. The van der Waals surface area contributed by atoms with E-state index in [0.29, 0.717) is 4.83 Å². The molecule has 0 nitrogen and oxygen atoms in total. The molecule has 94 valence electrons. The lowest BCUT2D eigenvalue weighted by Crippen LogP contribution is -2.13. The van der Waals surface area contributed by atoms with Gasteiger partial charge in [-0.25, -0.2) is 0 Å². The molecule has 0 spiro atoms. The third kappa shape index (κ3) is 1.80. The highest BCUT2D eigenvalue weighted by Crippen LogP contribution is 2.34. The van der Waals surface area contributed by atoms with Crippen molar-refractivity contribution >= 4 is 37.5 Å². The van der Waals surface area contributed by atoms with Crippen molar-refractivity contribution in [3.63, 3.8) is 0 Å². The summed E-state index contributed by atoms with van der Waals surface area (Å²) in [4.78, 5) is 0.636. The molecule has 0 aliphatic heterocycles. The van der Waals surface area contributed by atoms with E-state index in [1.807, 2.05) is 0 Å². The van der Waals surface area contributed by atoms with E-state index in [0.717, 1.165) is 6.42 Å². The molecular weight excluding hydrogens is 296 g/mol. The van der Waals surface area contributed by atoms with Crippen LogP contribution in [0.25, 0.3) is 21.5 Å². The molecule has 1 atom stereocenters. The molecule has 0 radical (unpaired) electrons. The van der Waals surface area contributed by atoms with Crippen LogP contribution in [-0.4, -0.2) is 4.83 Å². The van der Waals surface area contributed by atoms with Crippen LogP contribution in [-0.2, 0) is 12.8 Å². The first-order valence-corrected chi connectivity index (χ1v) is 7.81. The fourth-order valence-electron chi connectivity index (χ4n) is 3.31. The number of rotatable bonds is 0. The lowest BCUT2D eigenvalue weighted by molar-refractivity contribution is 0.717. The monoisotopic (exact) mass is 310 g/mol. The minimum absolute atomic E-state index is 0.636. The van der Waals surface area contributed by atoms with Crippen LogP contribution in [0, 0.1) is 0 Å². The average Bonchev–Trinajstić information content (AvgIpc) is 2.46. The highest BCUT2D eigenvalue weighted by Gasteiger charge is 2.18. The number of hydrogen-bond acceptors (Lipinski definition) is 0. The maximum absolute atomic E-state index is 3.79. The Morgan fingerprint density at radius 2 is 1.68 bits per heavy atom. The summed E-state index contributed by atoms with van der Waals surface area (Å²) in [5.74, 6) is 0. The minimum atomic E-state index is 0.636. The summed E-state index contributed by atoms with van der Waals surface area (Å²) in [6.45, 7) is 0. The molecule has 0 saturated carbocycles. The van der Waals surface area contributed by atoms with Gasteiger partial charge in [-0.05, 0) is 51.9 Å². The van der Waals surface area contributed by atoms with Crippen molar-refractivity contribution in [3.8, 4) is 0 Å². The zero-order chi connectivity index (χ0) is 12.8. The molecule has 0 heterocycles. The van der Waals surface area contributed by atoms with Gasteiger partial charge in [0.15, 0.2) is 0 Å². The van der Waals surface area contributed by atoms with Crippen LogP contribution in [0.5, 0.6) is 0 Å². The smallest absolute Gasteiger partial charge is 0.0189 e. The van der Waals surface area contributed by atoms with Gasteiger partial charge in [0.1, 0.15) is 0 Å². The Hall–Kier alpha value is -1.34. The molecule has 1 unspecified atom stereocenters. The predicted octanol–water partition coefficient (Wildman–Crippen LogP) is 5.25. The van der Waals surface area contributed by atoms with Crippen molar-refractivity contribution in [3.05, 3.63) is 59.7 Å². The van der Waals surface area contributed by atoms with Crippen LogP contribution in [0.1, 0.15) is 17.5 Å². The van der Waals surface area contributed by atoms with Crippen molar-refractivity contribution in [1.82, 2.24) is 0 Å². The zero-order valence-corrected chi connectivity index (χ0v) is 12.3. The van der Waals surface area contributed by atoms with Crippen molar-refractivity contribution in [2.24, 2.45) is 0 Å². The second kappa shape index (κ2) is 4.35. The normalized spacial score (nSPS) is 18.7. The van der Waals surface area contributed by atoms with E-state index in [9.17, 15) is 0 Å². The molecule has 0 amide bonds. The first-order valence-electron chi connectivity index (χ1n) is 6.89. The van der Waals surface area contributed by atoms with Crippen molar-refractivity contribution in [1.29, 1.82) is 0 Å². The summed E-state index contributed by atoms with van der Waals surface area (Å²) in [6.07, 6.45) is 3.62. The second-order valence-electron chi connectivity index (χ2n) is 5.43. The lowest BCUT2D eigenvalue weighted by Gasteiger charge is -2.22. The van der Waals surface area contributed by atoms with Crippen molar-refractivity contribution in [2.45, 2.75) is 24.1 Å². The van der Waals surface area contributed by atoms with Gasteiger partial charge in [-0.1, -0.05) is 64.5 Å². The zero-order valence-electron chi connectivity index (χ0n) is 10.7. The summed E-state index contributed by atoms with van der Waals surface area (Å²) in [5, 5.41) is 5.56. The maximum Gasteiger partial charge on any atom is 0.0189 e. The number of fused-ring (bicyclic) bond motifs is 5. The second-order valence-corrected chi connectivity index (χ2v) is 6.72. The lowest BCUT2D eigenvalue weighted by atomic mass is 9.86. The van der Waals surface area contributed by atoms with E-state index in [4.69, 9.17) is 0 Å². The summed E-state index contributed by atoms with van der Waals surface area (Å²) in [5.41, 5.74) is 3.09. The predicted molar refractivity (Wildman–Crippen MR) is 86.2 cm³/mol. The van der Waals surface area contributed by atoms with Crippen LogP contribution in [0.3, 0.4) is 0 Å². The van der Waals surface area contributed by atoms with Crippen molar-refractivity contribution in [2.75, 3.05) is 0 Å². The molecular formula is C18H15Br. The number of halogens is 1. The van der Waals surface area contributed by atoms with Gasteiger partial charge < -0.3 is 0 Å². The molecule has 0 aromatic heterocycles. The Labute approximate surface area is 121 Å². The van der Waals surface area contributed by atoms with Gasteiger partial charge in [-0.15, -0.1) is 0 Å². The fraction of sp³-hybridized carbons (Fsp3) is 0.222. The van der Waals surface area contributed by atoms with Crippen LogP contribution < -0.4 is 0 Å². The van der Waals surface area contributed by atoms with E-state index in [2.05, 4.69) is 64.5 Å². The topological polar surface area (TPSA) is 0 Å². The van der Waals surface area contributed by atoms with Crippen LogP contribution in [0.4, 0.5) is 0 Å². The van der Waals surface area contributed by atoms with E-state index in [1.54, 1.807) is 11.1 Å². The fourth-order valence-corrected chi connectivity index (χ4v) is 3.86. The highest BCUT2D eigenvalue weighted by molar-refractivity contribution is 9.09. The third-order valence-corrected chi connectivity index (χ3v) is 5.07. The molecule has 0 N–H and O–H groups in total. The Bertz CT molecular complexity index is 773. The van der Waals surface area contributed by atoms with Gasteiger partial charge in [-0.3, -0.25) is 0 Å². The summed E-state index contributed by atoms with van der Waals surface area (Å²) in [6, 6.07) is 17.9. The minimum Gasteiger partial charge on any atom is -0.0887 e. The molecule has 1 aliphatic carbocycles. The highest BCUT2D eigenvalue weighted by atomic mass is 79.9. The number of hydrogen-bond donors (Lipinski definition) is 0. The van der Waals surface area contributed by atoms with Crippen LogP contribution in [0.15, 0.2) is 48.5 Å². The molecule has 19 heavy (non-hydrogen) atoms. The summed E-state index contributed by atoms with van der Waals surface area (Å²) in [7, 11) is 0. The molecule has 0 fully saturated rings. The molecule has 1 heteroatoms. The van der Waals surface area contributed by atoms with E-state index in [-0.39, 0.29) is 0 Å². The Balaban J connectivity index is 2.10. The molecule has 0 saturated heterocycles. The summed E-state index contributed by atoms with van der Waals surface area (Å²) >= 11 is 3.79. The standard InChI is InChI=1S/C18H15Br/c19-14-8-5-13-7-9-16-15-4-2-1-3-12(15)6-10-17(16)18(13)11-14/h1-4,6-7,9-10,14H,5,8,11H2. The van der Waals surface area contributed by atoms with Crippen LogP contribution >= 0.6 is 15.9 Å². The molecule has 1 aliphatic rings. The number of alkyl halides is 1. The first-order chi connectivity index (χ1) is 9.33. The largest absolute Gasteiger partial charge is 0.0887 e. The van der Waals surface area contributed by atoms with Crippen LogP contribution in [0.2, 0.25) is 0 Å². The molecule has 3 aromatic rings. The Morgan fingerprint density at radius 1 is 0.842 bits per heavy atom. The Kier molecular flexibility index (Phi) is 2.63. The van der Waals surface area contributed by atoms with E-state index >= 15 is 0 Å². The SMILES string of the molecule is BrC1CCc2ccc3c(ccc4ccccc43)c2C1. The molecule has 0 bridgehead atoms. The van der Waals surface area contributed by atoms with Gasteiger partial charge in [0.2, 0.25) is 0 Å². The van der Waals surface area contributed by atoms with Gasteiger partial charge in [0.05, 0.1) is 0 Å². The summed E-state index contributed by atoms with van der Waals surface area (Å²) < 4.78 is 0. The average molecular weight is 311 g/mol. The Morgan fingerprint density at radius 3 is 2.63 bits per heavy atom. The van der Waals surface area contributed by atoms with Gasteiger partial charge >= 0.3 is 0 Å². The molecule has 3 aromatic carbocycles. The number of benzene rings is 3. The van der Waals surface area contributed by atoms with Gasteiger partial charge in [-0.2, -0.15) is 0 Å². The third-order valence-electron chi connectivity index (χ3n) is 4.29. The van der Waals surface area contributed by atoms with Crippen molar-refractivity contribution < 1.29 is 0 Å². The van der Waals surface area contributed by atoms with E-state index < -0.39 is 0 Å².